The van der Waals surface area contributed by atoms with Crippen LogP contribution in [0.2, 0.25) is 0 Å². The van der Waals surface area contributed by atoms with Crippen molar-refractivity contribution in [1.82, 2.24) is 4.98 Å². The standard InChI is InChI=1S/C10H8N2/c1-7-3-4-9(11-2)8-5-6-12-10(7)8/h3-6,12H,1H3. The van der Waals surface area contributed by atoms with Gasteiger partial charge in [0.05, 0.1) is 6.57 Å². The van der Waals surface area contributed by atoms with Crippen molar-refractivity contribution in [2.75, 3.05) is 0 Å². The van der Waals surface area contributed by atoms with Gasteiger partial charge in [-0.15, -0.1) is 0 Å². The molecule has 1 aromatic carbocycles. The summed E-state index contributed by atoms with van der Waals surface area (Å²) in [6.07, 6.45) is 1.87. The predicted molar refractivity (Wildman–Crippen MR) is 49.3 cm³/mol. The van der Waals surface area contributed by atoms with Crippen LogP contribution in [-0.2, 0) is 0 Å². The lowest BCUT2D eigenvalue weighted by atomic mass is 10.1. The first-order chi connectivity index (χ1) is 5.83. The number of nitrogens with one attached hydrogen (secondary N) is 1. The molecular formula is C10H8N2. The van der Waals surface area contributed by atoms with Gasteiger partial charge in [0.2, 0.25) is 0 Å². The summed E-state index contributed by atoms with van der Waals surface area (Å²) in [6, 6.07) is 5.76. The molecule has 0 spiro atoms. The fourth-order valence-corrected chi connectivity index (χ4v) is 1.38. The number of H-pyrrole nitrogens is 1. The topological polar surface area (TPSA) is 20.1 Å². The molecule has 2 nitrogen and oxygen atoms in total. The van der Waals surface area contributed by atoms with E-state index >= 15 is 0 Å². The number of fused-ring (bicyclic) bond motifs is 1. The minimum Gasteiger partial charge on any atom is -0.362 e. The number of hydrogen-bond donors (Lipinski definition) is 1. The van der Waals surface area contributed by atoms with Gasteiger partial charge in [-0.2, -0.15) is 0 Å². The van der Waals surface area contributed by atoms with Crippen LogP contribution in [0.5, 0.6) is 0 Å². The second-order valence-corrected chi connectivity index (χ2v) is 2.78. The molecule has 0 aliphatic rings. The molecule has 1 heterocycles. The van der Waals surface area contributed by atoms with Crippen LogP contribution in [0, 0.1) is 13.5 Å². The van der Waals surface area contributed by atoms with Crippen molar-refractivity contribution in [3.8, 4) is 0 Å². The Morgan fingerprint density at radius 2 is 2.17 bits per heavy atom. The first-order valence-electron chi connectivity index (χ1n) is 3.77. The zero-order chi connectivity index (χ0) is 8.55. The van der Waals surface area contributed by atoms with Gasteiger partial charge in [0.1, 0.15) is 0 Å². The predicted octanol–water partition coefficient (Wildman–Crippen LogP) is 3.03. The van der Waals surface area contributed by atoms with E-state index in [9.17, 15) is 0 Å². The maximum absolute atomic E-state index is 6.95. The summed E-state index contributed by atoms with van der Waals surface area (Å²) >= 11 is 0. The van der Waals surface area contributed by atoms with E-state index in [4.69, 9.17) is 6.57 Å². The summed E-state index contributed by atoms with van der Waals surface area (Å²) in [5.41, 5.74) is 2.97. The molecular weight excluding hydrogens is 148 g/mol. The maximum atomic E-state index is 6.95. The number of hydrogen-bond acceptors (Lipinski definition) is 0. The molecule has 1 aromatic heterocycles. The normalized spacial score (nSPS) is 10.0. The van der Waals surface area contributed by atoms with Crippen LogP contribution in [-0.4, -0.2) is 4.98 Å². The van der Waals surface area contributed by atoms with Crippen LogP contribution in [0.15, 0.2) is 24.4 Å². The molecule has 0 radical (unpaired) electrons. The SMILES string of the molecule is [C-]#[N+]c1ccc(C)c2[nH]ccc12. The van der Waals surface area contributed by atoms with Gasteiger partial charge < -0.3 is 4.98 Å². The molecule has 2 heteroatoms. The lowest BCUT2D eigenvalue weighted by molar-refractivity contribution is 1.42. The fraction of sp³-hybridized carbons (Fsp3) is 0.100. The Kier molecular flexibility index (Phi) is 1.38. The van der Waals surface area contributed by atoms with Gasteiger partial charge >= 0.3 is 0 Å². The highest BCUT2D eigenvalue weighted by Crippen LogP contribution is 2.27. The zero-order valence-corrected chi connectivity index (χ0v) is 6.76. The third kappa shape index (κ3) is 0.802. The van der Waals surface area contributed by atoms with E-state index in [0.717, 1.165) is 16.6 Å². The average Bonchev–Trinajstić information content (AvgIpc) is 2.54. The van der Waals surface area contributed by atoms with Crippen molar-refractivity contribution >= 4 is 16.6 Å². The van der Waals surface area contributed by atoms with E-state index in [1.54, 1.807) is 0 Å². The first kappa shape index (κ1) is 6.93. The lowest BCUT2D eigenvalue weighted by Gasteiger charge is -1.96. The first-order valence-corrected chi connectivity index (χ1v) is 3.77. The average molecular weight is 156 g/mol. The summed E-state index contributed by atoms with van der Waals surface area (Å²) in [4.78, 5) is 6.56. The number of aromatic nitrogens is 1. The Labute approximate surface area is 70.7 Å². The molecule has 0 aliphatic carbocycles. The molecule has 1 N–H and O–H groups in total. The molecule has 0 fully saturated rings. The number of benzene rings is 1. The molecule has 0 atom stereocenters. The van der Waals surface area contributed by atoms with Crippen molar-refractivity contribution < 1.29 is 0 Å². The number of nitrogens with zero attached hydrogens (tertiary/aromatic N) is 1. The van der Waals surface area contributed by atoms with Gasteiger partial charge in [0.15, 0.2) is 5.69 Å². The van der Waals surface area contributed by atoms with E-state index in [2.05, 4.69) is 9.83 Å². The zero-order valence-electron chi connectivity index (χ0n) is 6.76. The molecule has 2 rings (SSSR count). The van der Waals surface area contributed by atoms with Gasteiger partial charge in [-0.25, -0.2) is 4.85 Å². The molecule has 0 aliphatic heterocycles. The van der Waals surface area contributed by atoms with E-state index in [1.807, 2.05) is 31.3 Å². The monoisotopic (exact) mass is 156 g/mol. The maximum Gasteiger partial charge on any atom is 0.196 e. The minimum absolute atomic E-state index is 0.719. The summed E-state index contributed by atoms with van der Waals surface area (Å²) < 4.78 is 0. The Morgan fingerprint density at radius 1 is 1.33 bits per heavy atom. The molecule has 0 amide bonds. The van der Waals surface area contributed by atoms with E-state index < -0.39 is 0 Å². The second-order valence-electron chi connectivity index (χ2n) is 2.78. The highest BCUT2D eigenvalue weighted by atomic mass is 14.7. The van der Waals surface area contributed by atoms with Gasteiger partial charge in [-0.3, -0.25) is 0 Å². The molecule has 12 heavy (non-hydrogen) atoms. The molecule has 0 unspecified atom stereocenters. The van der Waals surface area contributed by atoms with E-state index in [-0.39, 0.29) is 0 Å². The van der Waals surface area contributed by atoms with Crippen molar-refractivity contribution in [2.24, 2.45) is 0 Å². The molecule has 0 saturated heterocycles. The highest BCUT2D eigenvalue weighted by molar-refractivity contribution is 5.94. The Morgan fingerprint density at radius 3 is 2.92 bits per heavy atom. The number of aromatic amines is 1. The van der Waals surface area contributed by atoms with Crippen molar-refractivity contribution in [1.29, 1.82) is 0 Å². The van der Waals surface area contributed by atoms with Crippen LogP contribution >= 0.6 is 0 Å². The van der Waals surface area contributed by atoms with Crippen LogP contribution in [0.3, 0.4) is 0 Å². The van der Waals surface area contributed by atoms with Crippen LogP contribution in [0.1, 0.15) is 5.56 Å². The fourth-order valence-electron chi connectivity index (χ4n) is 1.38. The third-order valence-corrected chi connectivity index (χ3v) is 2.03. The van der Waals surface area contributed by atoms with Crippen molar-refractivity contribution in [2.45, 2.75) is 6.92 Å². The lowest BCUT2D eigenvalue weighted by Crippen LogP contribution is -1.74. The summed E-state index contributed by atoms with van der Waals surface area (Å²) in [6.45, 7) is 8.98. The molecule has 58 valence electrons. The highest BCUT2D eigenvalue weighted by Gasteiger charge is 2.02. The third-order valence-electron chi connectivity index (χ3n) is 2.03. The number of rotatable bonds is 0. The molecule has 0 bridgehead atoms. The quantitative estimate of drug-likeness (QED) is 0.566. The van der Waals surface area contributed by atoms with Crippen molar-refractivity contribution in [3.63, 3.8) is 0 Å². The van der Waals surface area contributed by atoms with Crippen LogP contribution in [0.4, 0.5) is 5.69 Å². The summed E-state index contributed by atoms with van der Waals surface area (Å²) in [7, 11) is 0. The molecule has 0 saturated carbocycles. The Bertz CT molecular complexity index is 460. The largest absolute Gasteiger partial charge is 0.362 e. The van der Waals surface area contributed by atoms with E-state index in [0.29, 0.717) is 0 Å². The van der Waals surface area contributed by atoms with Crippen LogP contribution in [0.25, 0.3) is 15.7 Å². The van der Waals surface area contributed by atoms with Crippen LogP contribution < -0.4 is 0 Å². The number of aryl methyl sites for hydroxylation is 1. The second kappa shape index (κ2) is 2.38. The van der Waals surface area contributed by atoms with Gasteiger partial charge in [0.25, 0.3) is 0 Å². The van der Waals surface area contributed by atoms with E-state index in [1.165, 1.54) is 5.56 Å². The minimum atomic E-state index is 0.719. The summed E-state index contributed by atoms with van der Waals surface area (Å²) in [5, 5.41) is 1.02. The smallest absolute Gasteiger partial charge is 0.196 e. The van der Waals surface area contributed by atoms with Gasteiger partial charge in [-0.1, -0.05) is 12.1 Å². The van der Waals surface area contributed by atoms with Gasteiger partial charge in [-0.05, 0) is 18.6 Å². The van der Waals surface area contributed by atoms with Crippen molar-refractivity contribution in [3.05, 3.63) is 41.4 Å². The Balaban J connectivity index is 2.94. The summed E-state index contributed by atoms with van der Waals surface area (Å²) in [5.74, 6) is 0. The molecule has 2 aromatic rings. The Hall–Kier alpha value is -1.75. The van der Waals surface area contributed by atoms with Gasteiger partial charge in [0, 0.05) is 17.1 Å².